The fourth-order valence-corrected chi connectivity index (χ4v) is 8.46. The molecule has 0 aliphatic heterocycles. The summed E-state index contributed by atoms with van der Waals surface area (Å²) in [6.07, 6.45) is 66.5. The van der Waals surface area contributed by atoms with Crippen molar-refractivity contribution in [2.24, 2.45) is 0 Å². The van der Waals surface area contributed by atoms with Crippen molar-refractivity contribution in [1.29, 1.82) is 0 Å². The Balaban J connectivity index is 3.63. The molecule has 0 aliphatic carbocycles. The summed E-state index contributed by atoms with van der Waals surface area (Å²) >= 11 is 0. The van der Waals surface area contributed by atoms with E-state index in [2.05, 4.69) is 43.5 Å². The predicted octanol–water partition coefficient (Wildman–Crippen LogP) is 16.7. The van der Waals surface area contributed by atoms with Crippen molar-refractivity contribution >= 4 is 5.91 Å². The minimum atomic E-state index is -1.11. The number of aliphatic hydroxyl groups is 3. The maximum absolute atomic E-state index is 12.5. The summed E-state index contributed by atoms with van der Waals surface area (Å²) in [5, 5.41) is 33.3. The van der Waals surface area contributed by atoms with Gasteiger partial charge in [-0.15, -0.1) is 0 Å². The summed E-state index contributed by atoms with van der Waals surface area (Å²) in [6, 6.07) is -0.820. The van der Waals surface area contributed by atoms with Gasteiger partial charge in [0.25, 0.3) is 0 Å². The minimum Gasteiger partial charge on any atom is -0.394 e. The number of carbonyl (C=O) groups excluding carboxylic acids is 1. The van der Waals surface area contributed by atoms with Gasteiger partial charge in [-0.1, -0.05) is 281 Å². The van der Waals surface area contributed by atoms with Gasteiger partial charge in [0.05, 0.1) is 18.8 Å². The smallest absolute Gasteiger partial charge is 0.249 e. The number of aliphatic hydroxyl groups excluding tert-OH is 3. The van der Waals surface area contributed by atoms with E-state index in [1.54, 1.807) is 6.08 Å². The highest BCUT2D eigenvalue weighted by Gasteiger charge is 2.22. The molecule has 0 radical (unpaired) electrons. The van der Waals surface area contributed by atoms with E-state index in [9.17, 15) is 20.1 Å². The Morgan fingerprint density at radius 2 is 0.672 bits per heavy atom. The Morgan fingerprint density at radius 3 is 1.00 bits per heavy atom. The Hall–Kier alpha value is -1.43. The summed E-state index contributed by atoms with van der Waals surface area (Å²) in [4.78, 5) is 12.5. The molecule has 5 nitrogen and oxygen atoms in total. The van der Waals surface area contributed by atoms with Crippen LogP contribution >= 0.6 is 0 Å². The van der Waals surface area contributed by atoms with Gasteiger partial charge in [-0.25, -0.2) is 0 Å². The molecule has 0 aromatic carbocycles. The van der Waals surface area contributed by atoms with Crippen LogP contribution in [0.15, 0.2) is 36.5 Å². The number of hydrogen-bond acceptors (Lipinski definition) is 4. The maximum atomic E-state index is 12.5. The number of nitrogens with one attached hydrogen (secondary N) is 1. The average Bonchev–Trinajstić information content (AvgIpc) is 3.26. The molecular weight excluding hydrogens is 751 g/mol. The first kappa shape index (κ1) is 59.6. The first-order valence-corrected chi connectivity index (χ1v) is 27.3. The predicted molar refractivity (Wildman–Crippen MR) is 268 cm³/mol. The zero-order valence-corrected chi connectivity index (χ0v) is 41.1. The zero-order valence-electron chi connectivity index (χ0n) is 41.1. The van der Waals surface area contributed by atoms with Gasteiger partial charge in [-0.05, 0) is 44.9 Å². The van der Waals surface area contributed by atoms with Crippen molar-refractivity contribution in [1.82, 2.24) is 5.32 Å². The number of carbonyl (C=O) groups is 1. The van der Waals surface area contributed by atoms with E-state index < -0.39 is 24.2 Å². The van der Waals surface area contributed by atoms with Crippen LogP contribution in [0.2, 0.25) is 0 Å². The molecule has 0 spiro atoms. The van der Waals surface area contributed by atoms with Crippen LogP contribution in [0.3, 0.4) is 0 Å². The third kappa shape index (κ3) is 46.4. The molecule has 1 amide bonds. The lowest BCUT2D eigenvalue weighted by Crippen LogP contribution is -2.48. The number of amides is 1. The van der Waals surface area contributed by atoms with Crippen LogP contribution < -0.4 is 5.32 Å². The maximum Gasteiger partial charge on any atom is 0.249 e. The third-order valence-electron chi connectivity index (χ3n) is 12.7. The van der Waals surface area contributed by atoms with Crippen LogP contribution in [0.5, 0.6) is 0 Å². The second-order valence-electron chi connectivity index (χ2n) is 18.8. The van der Waals surface area contributed by atoms with Gasteiger partial charge < -0.3 is 20.6 Å². The average molecular weight is 858 g/mol. The standard InChI is InChI=1S/C56H107NO4/c1-3-5-7-9-11-13-15-17-19-21-23-25-27-29-31-33-35-37-39-41-43-45-47-49-51-55(60)56(61)57-53(52-58)54(59)50-48-46-44-42-40-38-36-34-32-30-28-26-24-22-20-18-16-14-12-10-8-6-4-2/h32,34,40,42,48,50,53-55,58-60H,3-31,33,35-39,41,43-47,49,51-52H2,1-2H3,(H,57,61)/b34-32+,42-40+,50-48+. The highest BCUT2D eigenvalue weighted by Crippen LogP contribution is 2.17. The molecule has 0 bridgehead atoms. The van der Waals surface area contributed by atoms with Crippen LogP contribution in [-0.4, -0.2) is 46.1 Å². The molecule has 0 saturated carbocycles. The van der Waals surface area contributed by atoms with Crippen molar-refractivity contribution in [3.05, 3.63) is 36.5 Å². The molecule has 0 fully saturated rings. The number of allylic oxidation sites excluding steroid dienone is 5. The molecule has 0 saturated heterocycles. The molecule has 4 N–H and O–H groups in total. The second kappa shape index (κ2) is 51.2. The summed E-state index contributed by atoms with van der Waals surface area (Å²) in [5.74, 6) is -0.512. The van der Waals surface area contributed by atoms with Crippen LogP contribution in [0, 0.1) is 0 Å². The van der Waals surface area contributed by atoms with Crippen LogP contribution in [-0.2, 0) is 4.79 Å². The topological polar surface area (TPSA) is 89.8 Å². The van der Waals surface area contributed by atoms with Gasteiger partial charge in [-0.3, -0.25) is 4.79 Å². The normalized spacial score (nSPS) is 13.6. The van der Waals surface area contributed by atoms with E-state index >= 15 is 0 Å². The Kier molecular flexibility index (Phi) is 50.0. The van der Waals surface area contributed by atoms with Gasteiger partial charge in [0, 0.05) is 0 Å². The fraction of sp³-hybridized carbons (Fsp3) is 0.875. The molecule has 0 aromatic heterocycles. The zero-order chi connectivity index (χ0) is 44.4. The molecule has 5 heteroatoms. The lowest BCUT2D eigenvalue weighted by Gasteiger charge is -2.21. The fourth-order valence-electron chi connectivity index (χ4n) is 8.46. The van der Waals surface area contributed by atoms with E-state index in [1.807, 2.05) is 6.08 Å². The highest BCUT2D eigenvalue weighted by atomic mass is 16.3. The lowest BCUT2D eigenvalue weighted by atomic mass is 10.0. The summed E-state index contributed by atoms with van der Waals surface area (Å²) in [5.41, 5.74) is 0. The summed E-state index contributed by atoms with van der Waals surface area (Å²) < 4.78 is 0. The Labute approximate surface area is 381 Å². The third-order valence-corrected chi connectivity index (χ3v) is 12.7. The number of rotatable bonds is 50. The largest absolute Gasteiger partial charge is 0.394 e. The van der Waals surface area contributed by atoms with E-state index in [4.69, 9.17) is 0 Å². The molecule has 3 unspecified atom stereocenters. The Bertz CT molecular complexity index is 947. The molecule has 0 aromatic rings. The Morgan fingerprint density at radius 1 is 0.393 bits per heavy atom. The number of unbranched alkanes of at least 4 members (excludes halogenated alkanes) is 38. The van der Waals surface area contributed by atoms with Gasteiger partial charge >= 0.3 is 0 Å². The van der Waals surface area contributed by atoms with Crippen molar-refractivity contribution in [2.75, 3.05) is 6.61 Å². The van der Waals surface area contributed by atoms with E-state index in [1.165, 1.54) is 225 Å². The van der Waals surface area contributed by atoms with Crippen molar-refractivity contribution in [3.8, 4) is 0 Å². The van der Waals surface area contributed by atoms with Gasteiger partial charge in [-0.2, -0.15) is 0 Å². The quantitative estimate of drug-likeness (QED) is 0.0362. The molecular formula is C56H107NO4. The molecule has 0 rings (SSSR count). The minimum absolute atomic E-state index is 0.379. The molecule has 0 heterocycles. The van der Waals surface area contributed by atoms with Crippen LogP contribution in [0.25, 0.3) is 0 Å². The van der Waals surface area contributed by atoms with E-state index in [0.29, 0.717) is 6.42 Å². The second-order valence-corrected chi connectivity index (χ2v) is 18.8. The van der Waals surface area contributed by atoms with Gasteiger partial charge in [0.1, 0.15) is 6.10 Å². The van der Waals surface area contributed by atoms with Crippen LogP contribution in [0.4, 0.5) is 0 Å². The molecule has 3 atom stereocenters. The molecule has 0 aliphatic rings. The lowest BCUT2D eigenvalue weighted by molar-refractivity contribution is -0.131. The van der Waals surface area contributed by atoms with Crippen molar-refractivity contribution in [3.63, 3.8) is 0 Å². The van der Waals surface area contributed by atoms with Gasteiger partial charge in [0.15, 0.2) is 0 Å². The molecule has 360 valence electrons. The van der Waals surface area contributed by atoms with Gasteiger partial charge in [0.2, 0.25) is 5.91 Å². The van der Waals surface area contributed by atoms with Crippen molar-refractivity contribution < 1.29 is 20.1 Å². The first-order valence-electron chi connectivity index (χ1n) is 27.3. The summed E-state index contributed by atoms with van der Waals surface area (Å²) in [6.45, 7) is 4.20. The van der Waals surface area contributed by atoms with Crippen molar-refractivity contribution in [2.45, 2.75) is 308 Å². The number of hydrogen-bond donors (Lipinski definition) is 4. The SMILES string of the molecule is CCCCCCCCCCCCCCC/C=C/CC/C=C/CC/C=C/C(O)C(CO)NC(=O)C(O)CCCCCCCCCCCCCCCCCCCCCCCCCC. The summed E-state index contributed by atoms with van der Waals surface area (Å²) in [7, 11) is 0. The van der Waals surface area contributed by atoms with E-state index in [-0.39, 0.29) is 6.61 Å². The van der Waals surface area contributed by atoms with Crippen LogP contribution in [0.1, 0.15) is 290 Å². The van der Waals surface area contributed by atoms with E-state index in [0.717, 1.165) is 44.9 Å². The molecule has 61 heavy (non-hydrogen) atoms. The first-order chi connectivity index (χ1) is 30.1. The monoisotopic (exact) mass is 858 g/mol. The highest BCUT2D eigenvalue weighted by molar-refractivity contribution is 5.80.